The van der Waals surface area contributed by atoms with E-state index in [1.165, 1.54) is 0 Å². The molecule has 0 unspecified atom stereocenters. The van der Waals surface area contributed by atoms with Crippen LogP contribution in [0.1, 0.15) is 42.9 Å². The summed E-state index contributed by atoms with van der Waals surface area (Å²) < 4.78 is 2.22. The topological polar surface area (TPSA) is 105 Å². The maximum Gasteiger partial charge on any atom is 0.254 e. The van der Waals surface area contributed by atoms with E-state index in [4.69, 9.17) is 4.98 Å². The van der Waals surface area contributed by atoms with Crippen LogP contribution in [0.2, 0.25) is 0 Å². The predicted octanol–water partition coefficient (Wildman–Crippen LogP) is 2.88. The zero-order valence-corrected chi connectivity index (χ0v) is 18.9. The van der Waals surface area contributed by atoms with Gasteiger partial charge in [0.15, 0.2) is 0 Å². The molecule has 0 fully saturated rings. The second-order valence-corrected chi connectivity index (χ2v) is 8.72. The first-order chi connectivity index (χ1) is 15.9. The number of nitrogens with zero attached hydrogens (tertiary/aromatic N) is 2. The van der Waals surface area contributed by atoms with Gasteiger partial charge in [0.25, 0.3) is 5.91 Å². The Balaban J connectivity index is 1.31. The Labute approximate surface area is 192 Å². The first-order valence-corrected chi connectivity index (χ1v) is 11.3. The van der Waals surface area contributed by atoms with Crippen LogP contribution in [0.4, 0.5) is 5.69 Å². The number of nitrogens with one attached hydrogen (secondary N) is 3. The van der Waals surface area contributed by atoms with Crippen molar-refractivity contribution >= 4 is 34.4 Å². The van der Waals surface area contributed by atoms with Gasteiger partial charge in [-0.2, -0.15) is 0 Å². The molecule has 3 N–H and O–H groups in total. The Morgan fingerprint density at radius 3 is 2.70 bits per heavy atom. The summed E-state index contributed by atoms with van der Waals surface area (Å²) in [6, 6.07) is 14.1. The summed E-state index contributed by atoms with van der Waals surface area (Å²) >= 11 is 0. The van der Waals surface area contributed by atoms with E-state index in [1.54, 1.807) is 24.3 Å². The van der Waals surface area contributed by atoms with E-state index in [1.807, 2.05) is 18.2 Å². The molecule has 3 aromatic rings. The van der Waals surface area contributed by atoms with Crippen molar-refractivity contribution in [3.05, 3.63) is 59.9 Å². The number of para-hydroxylation sites is 3. The summed E-state index contributed by atoms with van der Waals surface area (Å²) in [6.07, 6.45) is 0.976. The molecule has 0 spiro atoms. The average Bonchev–Trinajstić information content (AvgIpc) is 3.07. The van der Waals surface area contributed by atoms with Crippen molar-refractivity contribution in [2.24, 2.45) is 5.92 Å². The Bertz CT molecular complexity index is 1180. The minimum Gasteiger partial charge on any atom is -0.356 e. The summed E-state index contributed by atoms with van der Waals surface area (Å²) in [5.41, 5.74) is 2.96. The van der Waals surface area contributed by atoms with Gasteiger partial charge in [-0.25, -0.2) is 4.98 Å². The quantitative estimate of drug-likeness (QED) is 0.494. The lowest BCUT2D eigenvalue weighted by Crippen LogP contribution is -2.42. The number of carbonyl (C=O) groups excluding carboxylic acids is 3. The molecule has 1 aliphatic rings. The normalized spacial score (nSPS) is 15.7. The first kappa shape index (κ1) is 22.5. The molecule has 1 aromatic heterocycles. The fraction of sp³-hybridized carbons (Fsp3) is 0.360. The van der Waals surface area contributed by atoms with Crippen molar-refractivity contribution in [3.63, 3.8) is 0 Å². The minimum atomic E-state index is -0.758. The highest BCUT2D eigenvalue weighted by Crippen LogP contribution is 2.20. The molecule has 0 saturated carbocycles. The molecule has 33 heavy (non-hydrogen) atoms. The van der Waals surface area contributed by atoms with Crippen molar-refractivity contribution in [1.82, 2.24) is 20.2 Å². The largest absolute Gasteiger partial charge is 0.356 e. The molecule has 0 saturated heterocycles. The SMILES string of the molecule is CC(C)Cn1c(CCNC(=O)CC[C@H]2NC(=O)c3ccccc3NC2=O)nc2ccccc21. The molecule has 1 atom stereocenters. The van der Waals surface area contributed by atoms with E-state index in [2.05, 4.69) is 40.4 Å². The lowest BCUT2D eigenvalue weighted by molar-refractivity contribution is -0.121. The van der Waals surface area contributed by atoms with Crippen LogP contribution in [-0.4, -0.2) is 39.9 Å². The number of aromatic nitrogens is 2. The number of hydrogen-bond acceptors (Lipinski definition) is 4. The summed E-state index contributed by atoms with van der Waals surface area (Å²) in [6.45, 7) is 5.65. The van der Waals surface area contributed by atoms with Crippen molar-refractivity contribution in [2.45, 2.75) is 45.7 Å². The third-order valence-corrected chi connectivity index (χ3v) is 5.66. The van der Waals surface area contributed by atoms with Gasteiger partial charge in [-0.3, -0.25) is 14.4 Å². The molecule has 172 valence electrons. The highest BCUT2D eigenvalue weighted by molar-refractivity contribution is 6.09. The third-order valence-electron chi connectivity index (χ3n) is 5.66. The Kier molecular flexibility index (Phi) is 6.72. The lowest BCUT2D eigenvalue weighted by atomic mass is 10.1. The van der Waals surface area contributed by atoms with Crippen LogP contribution >= 0.6 is 0 Å². The van der Waals surface area contributed by atoms with E-state index < -0.39 is 6.04 Å². The Morgan fingerprint density at radius 2 is 1.88 bits per heavy atom. The van der Waals surface area contributed by atoms with E-state index in [-0.39, 0.29) is 30.6 Å². The maximum absolute atomic E-state index is 12.5. The standard InChI is InChI=1S/C25H29N5O3/c1-16(2)15-30-21-10-6-5-9-19(21)27-22(30)13-14-26-23(31)12-11-20-25(33)28-18-8-4-3-7-17(18)24(32)29-20/h3-10,16,20H,11-15H2,1-2H3,(H,26,31)(H,28,33)(H,29,32)/t20-/m1/s1. The molecule has 8 heteroatoms. The van der Waals surface area contributed by atoms with Gasteiger partial charge in [-0.15, -0.1) is 0 Å². The van der Waals surface area contributed by atoms with Crippen molar-refractivity contribution < 1.29 is 14.4 Å². The summed E-state index contributed by atoms with van der Waals surface area (Å²) in [5.74, 6) is 0.619. The highest BCUT2D eigenvalue weighted by atomic mass is 16.2. The van der Waals surface area contributed by atoms with E-state index >= 15 is 0 Å². The highest BCUT2D eigenvalue weighted by Gasteiger charge is 2.27. The van der Waals surface area contributed by atoms with Crippen LogP contribution < -0.4 is 16.0 Å². The molecule has 1 aliphatic heterocycles. The Morgan fingerprint density at radius 1 is 1.12 bits per heavy atom. The van der Waals surface area contributed by atoms with Gasteiger partial charge in [-0.1, -0.05) is 38.1 Å². The number of benzene rings is 2. The van der Waals surface area contributed by atoms with E-state index in [0.717, 1.165) is 23.4 Å². The van der Waals surface area contributed by atoms with Gasteiger partial charge in [0.1, 0.15) is 11.9 Å². The van der Waals surface area contributed by atoms with Crippen LogP contribution in [0.25, 0.3) is 11.0 Å². The number of hydrogen-bond donors (Lipinski definition) is 3. The van der Waals surface area contributed by atoms with Crippen molar-refractivity contribution in [3.8, 4) is 0 Å². The molecular weight excluding hydrogens is 418 g/mol. The molecule has 0 radical (unpaired) electrons. The second-order valence-electron chi connectivity index (χ2n) is 8.72. The first-order valence-electron chi connectivity index (χ1n) is 11.3. The van der Waals surface area contributed by atoms with Crippen molar-refractivity contribution in [2.75, 3.05) is 11.9 Å². The molecule has 8 nitrogen and oxygen atoms in total. The molecule has 2 heterocycles. The monoisotopic (exact) mass is 447 g/mol. The maximum atomic E-state index is 12.5. The molecule has 4 rings (SSSR count). The summed E-state index contributed by atoms with van der Waals surface area (Å²) in [7, 11) is 0. The zero-order chi connectivity index (χ0) is 23.4. The zero-order valence-electron chi connectivity index (χ0n) is 18.9. The Hall–Kier alpha value is -3.68. The predicted molar refractivity (Wildman–Crippen MR) is 127 cm³/mol. The van der Waals surface area contributed by atoms with Crippen LogP contribution in [0.5, 0.6) is 0 Å². The van der Waals surface area contributed by atoms with E-state index in [9.17, 15) is 14.4 Å². The van der Waals surface area contributed by atoms with Gasteiger partial charge in [0.2, 0.25) is 11.8 Å². The smallest absolute Gasteiger partial charge is 0.254 e. The number of amides is 3. The molecular formula is C25H29N5O3. The third kappa shape index (κ3) is 5.22. The molecule has 0 aliphatic carbocycles. The summed E-state index contributed by atoms with van der Waals surface area (Å²) in [4.78, 5) is 42.0. The minimum absolute atomic E-state index is 0.136. The van der Waals surface area contributed by atoms with Crippen LogP contribution in [0.3, 0.4) is 0 Å². The molecule has 0 bridgehead atoms. The molecule has 3 amide bonds. The van der Waals surface area contributed by atoms with Crippen LogP contribution in [-0.2, 0) is 22.6 Å². The van der Waals surface area contributed by atoms with E-state index in [0.29, 0.717) is 30.1 Å². The number of anilines is 1. The van der Waals surface area contributed by atoms with Gasteiger partial charge in [0.05, 0.1) is 22.3 Å². The fourth-order valence-electron chi connectivity index (χ4n) is 4.08. The average molecular weight is 448 g/mol. The second kappa shape index (κ2) is 9.85. The van der Waals surface area contributed by atoms with Crippen molar-refractivity contribution in [1.29, 1.82) is 0 Å². The van der Waals surface area contributed by atoms with Crippen LogP contribution in [0, 0.1) is 5.92 Å². The number of imidazole rings is 1. The summed E-state index contributed by atoms with van der Waals surface area (Å²) in [5, 5.41) is 8.40. The van der Waals surface area contributed by atoms with Gasteiger partial charge in [0, 0.05) is 25.9 Å². The van der Waals surface area contributed by atoms with Gasteiger partial charge < -0.3 is 20.5 Å². The number of carbonyl (C=O) groups is 3. The molecule has 2 aromatic carbocycles. The number of rotatable bonds is 8. The van der Waals surface area contributed by atoms with Crippen LogP contribution in [0.15, 0.2) is 48.5 Å². The van der Waals surface area contributed by atoms with Gasteiger partial charge in [-0.05, 0) is 36.6 Å². The van der Waals surface area contributed by atoms with Gasteiger partial charge >= 0.3 is 0 Å². The number of fused-ring (bicyclic) bond motifs is 2. The lowest BCUT2D eigenvalue weighted by Gasteiger charge is -2.14. The fourth-order valence-corrected chi connectivity index (χ4v) is 4.08.